The number of amides is 2. The molecule has 34 heavy (non-hydrogen) atoms. The zero-order valence-electron chi connectivity index (χ0n) is 20.7. The summed E-state index contributed by atoms with van der Waals surface area (Å²) in [7, 11) is 5.03. The molecule has 0 unspecified atom stereocenters. The number of unbranched alkanes of at least 4 members (excludes halogenated alkanes) is 1. The maximum Gasteiger partial charge on any atom is 0.407 e. The Bertz CT molecular complexity index is 592. The number of carbonyl (C=O) groups is 2. The van der Waals surface area contributed by atoms with Crippen molar-refractivity contribution in [3.63, 3.8) is 0 Å². The van der Waals surface area contributed by atoms with Gasteiger partial charge in [-0.1, -0.05) is 27.5 Å². The number of nitrogens with one attached hydrogen (secondary N) is 2. The van der Waals surface area contributed by atoms with E-state index in [1.165, 1.54) is 0 Å². The largest absolute Gasteiger partial charge is 0.450 e. The van der Waals surface area contributed by atoms with Crippen molar-refractivity contribution in [1.82, 2.24) is 10.6 Å². The van der Waals surface area contributed by atoms with Gasteiger partial charge in [-0.05, 0) is 33.1 Å². The van der Waals surface area contributed by atoms with Crippen LogP contribution in [0.5, 0.6) is 0 Å². The van der Waals surface area contributed by atoms with Crippen LogP contribution < -0.4 is 16.4 Å². The first-order valence-corrected chi connectivity index (χ1v) is 13.7. The standard InChI is InChI=1S/C21H40BN3O7S2/c1-21(2,6-13-32-20(27)25-10-15-29-17-16-28-14-8-23)34-33-18-30-11-3-4-12-31-19(26)24-9-5-7-22/h3-4,6,8-18,22-23H2,1-2H3,(H,24,26)(H,25,27). The van der Waals surface area contributed by atoms with Gasteiger partial charge in [0, 0.05) is 24.4 Å². The van der Waals surface area contributed by atoms with E-state index in [4.69, 9.17) is 29.4 Å². The number of rotatable bonds is 21. The maximum atomic E-state index is 11.7. The fourth-order valence-corrected chi connectivity index (χ4v) is 4.39. The third-order valence-corrected chi connectivity index (χ3v) is 6.95. The summed E-state index contributed by atoms with van der Waals surface area (Å²) in [4.78, 5) is 23.0. The first-order valence-electron chi connectivity index (χ1n) is 11.4. The van der Waals surface area contributed by atoms with Gasteiger partial charge in [-0.25, -0.2) is 9.59 Å². The van der Waals surface area contributed by atoms with Gasteiger partial charge in [0.2, 0.25) is 0 Å². The molecule has 0 rings (SSSR count). The summed E-state index contributed by atoms with van der Waals surface area (Å²) in [6.07, 6.45) is 1.37. The van der Waals surface area contributed by atoms with Gasteiger partial charge in [-0.2, -0.15) is 5.82 Å². The number of carbonyl (C=O) groups excluding carboxylic acids is 2. The minimum absolute atomic E-state index is 0.0652. The van der Waals surface area contributed by atoms with Crippen molar-refractivity contribution in [2.75, 3.05) is 71.8 Å². The summed E-state index contributed by atoms with van der Waals surface area (Å²) < 4.78 is 26.3. The molecule has 0 radical (unpaired) electrons. The number of ether oxygens (including phenoxy) is 5. The van der Waals surface area contributed by atoms with Crippen molar-refractivity contribution < 1.29 is 33.3 Å². The molecule has 0 atom stereocenters. The summed E-state index contributed by atoms with van der Waals surface area (Å²) in [6.45, 7) is 8.53. The Morgan fingerprint density at radius 3 is 2.32 bits per heavy atom. The van der Waals surface area contributed by atoms with Crippen LogP contribution in [0.2, 0.25) is 0 Å². The van der Waals surface area contributed by atoms with E-state index in [0.717, 1.165) is 19.3 Å². The lowest BCUT2D eigenvalue weighted by Gasteiger charge is -2.22. The van der Waals surface area contributed by atoms with Crippen LogP contribution in [0.1, 0.15) is 33.1 Å². The smallest absolute Gasteiger partial charge is 0.407 e. The van der Waals surface area contributed by atoms with E-state index in [1.54, 1.807) is 29.4 Å². The van der Waals surface area contributed by atoms with Crippen LogP contribution in [0.25, 0.3) is 0 Å². The van der Waals surface area contributed by atoms with E-state index >= 15 is 0 Å². The third kappa shape index (κ3) is 23.8. The lowest BCUT2D eigenvalue weighted by Crippen LogP contribution is -2.29. The molecule has 13 heteroatoms. The molecule has 2 amide bonds. The van der Waals surface area contributed by atoms with Gasteiger partial charge >= 0.3 is 12.2 Å². The van der Waals surface area contributed by atoms with Gasteiger partial charge in [0.25, 0.3) is 0 Å². The van der Waals surface area contributed by atoms with Crippen LogP contribution >= 0.6 is 21.6 Å². The number of hydrogen-bond donors (Lipinski definition) is 3. The Balaban J connectivity index is 3.52. The Kier molecular flexibility index (Phi) is 22.6. The quantitative estimate of drug-likeness (QED) is 0.0669. The number of nitrogens with two attached hydrogens (primary N) is 1. The zero-order valence-corrected chi connectivity index (χ0v) is 22.3. The van der Waals surface area contributed by atoms with Crippen molar-refractivity contribution in [1.29, 1.82) is 0 Å². The highest BCUT2D eigenvalue weighted by Crippen LogP contribution is 2.37. The SMILES string of the molecule is BC#CCNC(=O)OCCCCOCSSC(C)(C)CCOC(=O)NCCOCCOCCN. The number of alkyl carbamates (subject to hydrolysis) is 2. The van der Waals surface area contributed by atoms with E-state index in [-0.39, 0.29) is 4.75 Å². The van der Waals surface area contributed by atoms with E-state index in [9.17, 15) is 9.59 Å². The molecule has 0 aliphatic carbocycles. The van der Waals surface area contributed by atoms with Gasteiger partial charge in [0.15, 0.2) is 7.85 Å². The van der Waals surface area contributed by atoms with Gasteiger partial charge in [0.1, 0.15) is 5.94 Å². The van der Waals surface area contributed by atoms with Gasteiger partial charge in [0.05, 0.1) is 46.2 Å². The molecule has 0 aliphatic heterocycles. The molecule has 196 valence electrons. The van der Waals surface area contributed by atoms with Gasteiger partial charge in [-0.3, -0.25) is 0 Å². The first kappa shape index (κ1) is 32.7. The Morgan fingerprint density at radius 1 is 0.912 bits per heavy atom. The zero-order chi connectivity index (χ0) is 25.3. The molecule has 0 saturated heterocycles. The molecule has 0 aromatic carbocycles. The molecule has 4 N–H and O–H groups in total. The minimum Gasteiger partial charge on any atom is -0.450 e. The highest BCUT2D eigenvalue weighted by molar-refractivity contribution is 8.77. The Hall–Kier alpha value is -1.30. The van der Waals surface area contributed by atoms with Crippen LogP contribution in [-0.2, 0) is 23.7 Å². The second-order valence-electron chi connectivity index (χ2n) is 7.44. The monoisotopic (exact) mass is 521 g/mol. The molecule has 0 spiro atoms. The van der Waals surface area contributed by atoms with Crippen LogP contribution in [0, 0.1) is 11.7 Å². The van der Waals surface area contributed by atoms with E-state index < -0.39 is 12.2 Å². The summed E-state index contributed by atoms with van der Waals surface area (Å²) in [6, 6.07) is 0. The molecular formula is C21H40BN3O7S2. The number of hydrogen-bond acceptors (Lipinski definition) is 10. The Labute approximate surface area is 212 Å². The summed E-state index contributed by atoms with van der Waals surface area (Å²) in [5.41, 5.74) is 5.31. The lowest BCUT2D eigenvalue weighted by atomic mass is 10.1. The second kappa shape index (κ2) is 23.4. The highest BCUT2D eigenvalue weighted by atomic mass is 33.1. The third-order valence-electron chi connectivity index (χ3n) is 3.92. The van der Waals surface area contributed by atoms with Crippen molar-refractivity contribution in [2.45, 2.75) is 37.9 Å². The van der Waals surface area contributed by atoms with E-state index in [0.29, 0.717) is 71.8 Å². The molecule has 0 aromatic rings. The second-order valence-corrected chi connectivity index (χ2v) is 10.4. The molecule has 0 saturated carbocycles. The molecule has 0 aromatic heterocycles. The summed E-state index contributed by atoms with van der Waals surface area (Å²) in [5, 5.41) is 5.20. The average Bonchev–Trinajstić information content (AvgIpc) is 2.79. The van der Waals surface area contributed by atoms with Crippen LogP contribution in [0.4, 0.5) is 9.59 Å². The molecule has 0 fully saturated rings. The predicted octanol–water partition coefficient (Wildman–Crippen LogP) is 1.33. The predicted molar refractivity (Wildman–Crippen MR) is 140 cm³/mol. The maximum absolute atomic E-state index is 11.7. The average molecular weight is 522 g/mol. The molecule has 0 bridgehead atoms. The topological polar surface area (TPSA) is 130 Å². The van der Waals surface area contributed by atoms with Crippen molar-refractivity contribution in [3.05, 3.63) is 0 Å². The minimum atomic E-state index is -0.450. The van der Waals surface area contributed by atoms with Crippen molar-refractivity contribution in [3.8, 4) is 11.7 Å². The summed E-state index contributed by atoms with van der Waals surface area (Å²) in [5.74, 6) is 5.98. The van der Waals surface area contributed by atoms with Crippen molar-refractivity contribution >= 4 is 41.6 Å². The fraction of sp³-hybridized carbons (Fsp3) is 0.810. The molecule has 10 nitrogen and oxygen atoms in total. The molecule has 0 aliphatic rings. The Morgan fingerprint density at radius 2 is 1.59 bits per heavy atom. The van der Waals surface area contributed by atoms with Crippen LogP contribution in [0.15, 0.2) is 0 Å². The molecule has 0 heterocycles. The first-order chi connectivity index (χ1) is 16.4. The lowest BCUT2D eigenvalue weighted by molar-refractivity contribution is 0.0512. The van der Waals surface area contributed by atoms with Gasteiger partial charge in [-0.15, -0.1) is 0 Å². The fourth-order valence-electron chi connectivity index (χ4n) is 2.12. The van der Waals surface area contributed by atoms with E-state index in [2.05, 4.69) is 36.2 Å². The van der Waals surface area contributed by atoms with Crippen molar-refractivity contribution in [2.24, 2.45) is 5.73 Å². The van der Waals surface area contributed by atoms with Crippen LogP contribution in [-0.4, -0.2) is 96.6 Å². The van der Waals surface area contributed by atoms with Crippen LogP contribution in [0.3, 0.4) is 0 Å². The highest BCUT2D eigenvalue weighted by Gasteiger charge is 2.19. The van der Waals surface area contributed by atoms with E-state index in [1.807, 2.05) is 0 Å². The normalized spacial score (nSPS) is 10.8. The van der Waals surface area contributed by atoms with Gasteiger partial charge < -0.3 is 40.1 Å². The summed E-state index contributed by atoms with van der Waals surface area (Å²) >= 11 is 0. The molecular weight excluding hydrogens is 481 g/mol.